The number of fused-ring (bicyclic) bond motifs is 1. The van der Waals surface area contributed by atoms with E-state index in [4.69, 9.17) is 18.9 Å². The van der Waals surface area contributed by atoms with E-state index in [1.54, 1.807) is 31.4 Å². The zero-order valence-electron chi connectivity index (χ0n) is 21.2. The van der Waals surface area contributed by atoms with Gasteiger partial charge in [-0.1, -0.05) is 0 Å². The third-order valence-corrected chi connectivity index (χ3v) is 5.14. The predicted octanol–water partition coefficient (Wildman–Crippen LogP) is 4.25. The van der Waals surface area contributed by atoms with Crippen molar-refractivity contribution >= 4 is 22.9 Å². The summed E-state index contributed by atoms with van der Waals surface area (Å²) in [4.78, 5) is 22.2. The van der Waals surface area contributed by atoms with Crippen LogP contribution in [0, 0.1) is 11.6 Å². The van der Waals surface area contributed by atoms with Gasteiger partial charge in [0.25, 0.3) is 0 Å². The van der Waals surface area contributed by atoms with E-state index in [1.165, 1.54) is 26.7 Å². The molecule has 2 N–H and O–H groups in total. The number of benzene rings is 2. The fraction of sp³-hybridized carbons (Fsp3) is 0.231. The Morgan fingerprint density at radius 2 is 1.71 bits per heavy atom. The number of halogens is 2. The van der Waals surface area contributed by atoms with Crippen molar-refractivity contribution < 1.29 is 32.5 Å². The highest BCUT2D eigenvalue weighted by Gasteiger charge is 2.18. The molecule has 4 rings (SSSR count). The van der Waals surface area contributed by atoms with Crippen LogP contribution < -0.4 is 29.6 Å². The molecule has 0 aliphatic carbocycles. The Morgan fingerprint density at radius 1 is 0.974 bits per heavy atom. The number of methoxy groups -OCH3 is 2. The predicted molar refractivity (Wildman–Crippen MR) is 138 cm³/mol. The lowest BCUT2D eigenvalue weighted by atomic mass is 10.2. The van der Waals surface area contributed by atoms with Gasteiger partial charge in [0.1, 0.15) is 18.7 Å². The fourth-order valence-electron chi connectivity index (χ4n) is 3.22. The maximum Gasteiger partial charge on any atom is 0.230 e. The minimum atomic E-state index is -0.852. The topological polar surface area (TPSA) is 117 Å². The van der Waals surface area contributed by atoms with Crippen LogP contribution in [0.3, 0.4) is 0 Å². The molecule has 2 aromatic carbocycles. The van der Waals surface area contributed by atoms with Crippen LogP contribution in [0.2, 0.25) is 0 Å². The molecule has 0 spiro atoms. The number of aromatic nitrogens is 3. The summed E-state index contributed by atoms with van der Waals surface area (Å²) < 4.78 is 49.9. The molecule has 0 saturated heterocycles. The number of nitrogens with zero attached hydrogens (tertiary/aromatic N) is 3. The molecule has 12 heteroatoms. The van der Waals surface area contributed by atoms with E-state index in [-0.39, 0.29) is 5.88 Å². The van der Waals surface area contributed by atoms with Crippen LogP contribution in [-0.4, -0.2) is 62.7 Å². The van der Waals surface area contributed by atoms with Crippen LogP contribution in [0.4, 0.5) is 14.5 Å². The van der Waals surface area contributed by atoms with Crippen molar-refractivity contribution in [3.63, 3.8) is 0 Å². The summed E-state index contributed by atoms with van der Waals surface area (Å²) in [7, 11) is 6.39. The third kappa shape index (κ3) is 6.79. The molecule has 0 aliphatic rings. The van der Waals surface area contributed by atoms with E-state index < -0.39 is 17.4 Å². The molecule has 4 aromatic rings. The second kappa shape index (κ2) is 13.7. The zero-order chi connectivity index (χ0) is 27.5. The van der Waals surface area contributed by atoms with E-state index in [9.17, 15) is 13.6 Å². The van der Waals surface area contributed by atoms with Gasteiger partial charge < -0.3 is 29.6 Å². The maximum absolute atomic E-state index is 14.3. The first-order valence-corrected chi connectivity index (χ1v) is 11.3. The average Bonchev–Trinajstić information content (AvgIpc) is 2.94. The summed E-state index contributed by atoms with van der Waals surface area (Å²) in [6.45, 7) is 1.08. The summed E-state index contributed by atoms with van der Waals surface area (Å²) in [6.07, 6.45) is 5.00. The van der Waals surface area contributed by atoms with Crippen molar-refractivity contribution in [2.75, 3.05) is 46.8 Å². The maximum atomic E-state index is 14.3. The molecule has 0 radical (unpaired) electrons. The van der Waals surface area contributed by atoms with Gasteiger partial charge in [0.2, 0.25) is 11.6 Å². The van der Waals surface area contributed by atoms with Crippen LogP contribution in [0.25, 0.3) is 10.9 Å². The minimum absolute atomic E-state index is 0.0000764. The van der Waals surface area contributed by atoms with E-state index in [0.717, 1.165) is 12.1 Å². The summed E-state index contributed by atoms with van der Waals surface area (Å²) in [6, 6.07) is 7.18. The quantitative estimate of drug-likeness (QED) is 0.229. The average molecular weight is 528 g/mol. The second-order valence-electron chi connectivity index (χ2n) is 7.51. The van der Waals surface area contributed by atoms with E-state index >= 15 is 0 Å². The molecule has 0 amide bonds. The number of nitrogens with one attached hydrogen (secondary N) is 2. The van der Waals surface area contributed by atoms with Gasteiger partial charge >= 0.3 is 0 Å². The van der Waals surface area contributed by atoms with Gasteiger partial charge in [-0.25, -0.2) is 18.7 Å². The van der Waals surface area contributed by atoms with E-state index in [2.05, 4.69) is 25.6 Å². The smallest absolute Gasteiger partial charge is 0.230 e. The van der Waals surface area contributed by atoms with Crippen molar-refractivity contribution in [3.05, 3.63) is 66.3 Å². The first-order valence-electron chi connectivity index (χ1n) is 11.3. The Labute approximate surface area is 217 Å². The largest absolute Gasteiger partial charge is 0.496 e. The lowest BCUT2D eigenvalue weighted by Crippen LogP contribution is -2.16. The van der Waals surface area contributed by atoms with Crippen molar-refractivity contribution in [2.45, 2.75) is 0 Å². The van der Waals surface area contributed by atoms with Gasteiger partial charge in [0, 0.05) is 49.9 Å². The number of hydrogen-bond acceptors (Lipinski definition) is 10. The number of ether oxygens (including phenoxy) is 4. The van der Waals surface area contributed by atoms with Gasteiger partial charge in [-0.05, 0) is 19.2 Å². The SMILES string of the molecule is CNCCOc1cc2ncnc(Oc3c(F)cc(NC)cc3F)c2cc1OC.COc1ccncc1C=O. The Hall–Kier alpha value is -4.58. The van der Waals surface area contributed by atoms with Gasteiger partial charge in [-0.15, -0.1) is 0 Å². The van der Waals surface area contributed by atoms with Crippen molar-refractivity contribution in [3.8, 4) is 28.9 Å². The van der Waals surface area contributed by atoms with Gasteiger partial charge in [-0.3, -0.25) is 9.78 Å². The normalized spacial score (nSPS) is 10.3. The molecule has 2 aromatic heterocycles. The highest BCUT2D eigenvalue weighted by Crippen LogP contribution is 2.37. The van der Waals surface area contributed by atoms with Crippen molar-refractivity contribution in [1.29, 1.82) is 0 Å². The molecule has 0 saturated carbocycles. The highest BCUT2D eigenvalue weighted by molar-refractivity contribution is 5.87. The fourth-order valence-corrected chi connectivity index (χ4v) is 3.22. The number of aldehydes is 1. The molecule has 0 aliphatic heterocycles. The van der Waals surface area contributed by atoms with Gasteiger partial charge in [0.15, 0.2) is 29.4 Å². The monoisotopic (exact) mass is 527 g/mol. The Bertz CT molecular complexity index is 1370. The third-order valence-electron chi connectivity index (χ3n) is 5.14. The number of carbonyl (C=O) groups excluding carboxylic acids is 1. The van der Waals surface area contributed by atoms with Gasteiger partial charge in [0.05, 0.1) is 30.7 Å². The van der Waals surface area contributed by atoms with Crippen LogP contribution in [-0.2, 0) is 0 Å². The highest BCUT2D eigenvalue weighted by atomic mass is 19.1. The molecule has 0 bridgehead atoms. The van der Waals surface area contributed by atoms with E-state index in [1.807, 2.05) is 7.05 Å². The summed E-state index contributed by atoms with van der Waals surface area (Å²) in [5.74, 6) is -0.775. The number of rotatable bonds is 10. The molecule has 2 heterocycles. The molecule has 0 atom stereocenters. The van der Waals surface area contributed by atoms with Gasteiger partial charge in [-0.2, -0.15) is 0 Å². The zero-order valence-corrected chi connectivity index (χ0v) is 21.2. The summed E-state index contributed by atoms with van der Waals surface area (Å²) in [5.41, 5.74) is 1.25. The first-order chi connectivity index (χ1) is 18.4. The molecule has 0 fully saturated rings. The molecular weight excluding hydrogens is 500 g/mol. The minimum Gasteiger partial charge on any atom is -0.496 e. The Morgan fingerprint density at radius 3 is 2.32 bits per heavy atom. The number of hydrogen-bond donors (Lipinski definition) is 2. The Kier molecular flexibility index (Phi) is 10.1. The summed E-state index contributed by atoms with van der Waals surface area (Å²) in [5, 5.41) is 6.08. The lowest BCUT2D eigenvalue weighted by Gasteiger charge is -2.14. The molecule has 38 heavy (non-hydrogen) atoms. The number of anilines is 1. The first kappa shape index (κ1) is 28.0. The van der Waals surface area contributed by atoms with Crippen molar-refractivity contribution in [1.82, 2.24) is 20.3 Å². The van der Waals surface area contributed by atoms with Crippen LogP contribution >= 0.6 is 0 Å². The number of carbonyl (C=O) groups is 1. The molecular formula is C26H27F2N5O5. The van der Waals surface area contributed by atoms with Crippen LogP contribution in [0.5, 0.6) is 28.9 Å². The standard InChI is InChI=1S/C19H20F2N4O3.C7H7NO2/c1-22-4-5-27-17-9-15-12(8-16(17)26-3)19(25-10-24-15)28-18-13(20)6-11(23-2)7-14(18)21;1-10-7-2-3-8-4-6(7)5-9/h6-10,22-23H,4-5H2,1-3H3;2-5H,1H3. The summed E-state index contributed by atoms with van der Waals surface area (Å²) >= 11 is 0. The molecule has 10 nitrogen and oxygen atoms in total. The lowest BCUT2D eigenvalue weighted by molar-refractivity contribution is 0.112. The van der Waals surface area contributed by atoms with Crippen LogP contribution in [0.1, 0.15) is 10.4 Å². The number of pyridine rings is 1. The van der Waals surface area contributed by atoms with Crippen LogP contribution in [0.15, 0.2) is 49.1 Å². The second-order valence-corrected chi connectivity index (χ2v) is 7.51. The Balaban J connectivity index is 0.000000336. The van der Waals surface area contributed by atoms with Crippen molar-refractivity contribution in [2.24, 2.45) is 0 Å². The number of likely N-dealkylation sites (N-methyl/N-ethyl adjacent to an activating group) is 1. The van der Waals surface area contributed by atoms with E-state index in [0.29, 0.717) is 58.8 Å². The molecule has 0 unspecified atom stereocenters. The molecule has 200 valence electrons.